The Labute approximate surface area is 95.2 Å². The summed E-state index contributed by atoms with van der Waals surface area (Å²) >= 11 is 0. The van der Waals surface area contributed by atoms with E-state index in [1.165, 1.54) is 12.1 Å². The maximum Gasteiger partial charge on any atom is 0.226 e. The van der Waals surface area contributed by atoms with E-state index in [9.17, 15) is 4.79 Å². The second kappa shape index (κ2) is 6.85. The summed E-state index contributed by atoms with van der Waals surface area (Å²) in [6.07, 6.45) is 1.31. The molecule has 0 bridgehead atoms. The lowest BCUT2D eigenvalue weighted by molar-refractivity contribution is -0.117. The zero-order valence-electron chi connectivity index (χ0n) is 9.40. The SMILES string of the molecule is CCCOCCC(=O)Nc1ccc(O)cc1. The quantitative estimate of drug-likeness (QED) is 0.574. The van der Waals surface area contributed by atoms with Crippen LogP contribution in [0.15, 0.2) is 24.3 Å². The number of amides is 1. The highest BCUT2D eigenvalue weighted by Gasteiger charge is 2.01. The average Bonchev–Trinajstić information content (AvgIpc) is 2.28. The van der Waals surface area contributed by atoms with Gasteiger partial charge in [0.05, 0.1) is 13.0 Å². The molecule has 0 fully saturated rings. The van der Waals surface area contributed by atoms with Crippen molar-refractivity contribution in [3.63, 3.8) is 0 Å². The first-order valence-electron chi connectivity index (χ1n) is 5.39. The number of phenols is 1. The van der Waals surface area contributed by atoms with Gasteiger partial charge < -0.3 is 15.2 Å². The minimum Gasteiger partial charge on any atom is -0.508 e. The maximum atomic E-state index is 11.4. The molecule has 0 atom stereocenters. The first kappa shape index (κ1) is 12.5. The molecule has 0 heterocycles. The largest absolute Gasteiger partial charge is 0.508 e. The number of rotatable bonds is 6. The standard InChI is InChI=1S/C12H17NO3/c1-2-8-16-9-7-12(15)13-10-3-5-11(14)6-4-10/h3-6,14H,2,7-9H2,1H3,(H,13,15). The molecule has 0 aliphatic heterocycles. The molecule has 1 rings (SSSR count). The molecule has 4 heteroatoms. The summed E-state index contributed by atoms with van der Waals surface area (Å²) in [5, 5.41) is 11.8. The van der Waals surface area contributed by atoms with Gasteiger partial charge in [-0.2, -0.15) is 0 Å². The molecule has 0 radical (unpaired) electrons. The molecule has 0 unspecified atom stereocenters. The van der Waals surface area contributed by atoms with E-state index in [2.05, 4.69) is 5.32 Å². The molecule has 0 saturated heterocycles. The van der Waals surface area contributed by atoms with E-state index in [1.807, 2.05) is 6.92 Å². The van der Waals surface area contributed by atoms with E-state index in [1.54, 1.807) is 12.1 Å². The number of aromatic hydroxyl groups is 1. The van der Waals surface area contributed by atoms with Gasteiger partial charge in [-0.15, -0.1) is 0 Å². The Hall–Kier alpha value is -1.55. The molecule has 0 aromatic heterocycles. The van der Waals surface area contributed by atoms with Gasteiger partial charge in [0.1, 0.15) is 5.75 Å². The Bertz CT molecular complexity index is 322. The van der Waals surface area contributed by atoms with Crippen molar-refractivity contribution in [1.29, 1.82) is 0 Å². The zero-order chi connectivity index (χ0) is 11.8. The molecule has 4 nitrogen and oxygen atoms in total. The lowest BCUT2D eigenvalue weighted by Crippen LogP contribution is -2.14. The Kier molecular flexibility index (Phi) is 5.36. The summed E-state index contributed by atoms with van der Waals surface area (Å²) in [5.41, 5.74) is 0.679. The molecule has 16 heavy (non-hydrogen) atoms. The topological polar surface area (TPSA) is 58.6 Å². The summed E-state index contributed by atoms with van der Waals surface area (Å²) in [5.74, 6) is 0.103. The van der Waals surface area contributed by atoms with E-state index in [0.29, 0.717) is 25.3 Å². The van der Waals surface area contributed by atoms with E-state index in [-0.39, 0.29) is 11.7 Å². The van der Waals surface area contributed by atoms with Crippen molar-refractivity contribution < 1.29 is 14.6 Å². The van der Waals surface area contributed by atoms with E-state index >= 15 is 0 Å². The van der Waals surface area contributed by atoms with Gasteiger partial charge in [0.15, 0.2) is 0 Å². The summed E-state index contributed by atoms with van der Waals surface area (Å²) in [7, 11) is 0. The number of anilines is 1. The van der Waals surface area contributed by atoms with Crippen LogP contribution >= 0.6 is 0 Å². The van der Waals surface area contributed by atoms with Crippen LogP contribution in [0, 0.1) is 0 Å². The fraction of sp³-hybridized carbons (Fsp3) is 0.417. The predicted molar refractivity (Wildman–Crippen MR) is 62.5 cm³/mol. The number of nitrogens with one attached hydrogen (secondary N) is 1. The molecular formula is C12H17NO3. The van der Waals surface area contributed by atoms with E-state index in [4.69, 9.17) is 9.84 Å². The number of ether oxygens (including phenoxy) is 1. The van der Waals surface area contributed by atoms with Gasteiger partial charge >= 0.3 is 0 Å². The van der Waals surface area contributed by atoms with Gasteiger partial charge in [-0.05, 0) is 30.7 Å². The highest BCUT2D eigenvalue weighted by molar-refractivity contribution is 5.90. The summed E-state index contributed by atoms with van der Waals surface area (Å²) < 4.78 is 5.21. The van der Waals surface area contributed by atoms with Crippen molar-refractivity contribution in [1.82, 2.24) is 0 Å². The summed E-state index contributed by atoms with van der Waals surface area (Å²) in [6, 6.07) is 6.37. The van der Waals surface area contributed by atoms with E-state index in [0.717, 1.165) is 6.42 Å². The predicted octanol–water partition coefficient (Wildman–Crippen LogP) is 2.15. The van der Waals surface area contributed by atoms with Crippen LogP contribution in [-0.4, -0.2) is 24.2 Å². The van der Waals surface area contributed by atoms with Gasteiger partial charge in [0.25, 0.3) is 0 Å². The number of benzene rings is 1. The molecule has 0 aliphatic rings. The number of hydrogen-bond donors (Lipinski definition) is 2. The van der Waals surface area contributed by atoms with Gasteiger partial charge in [-0.3, -0.25) is 4.79 Å². The van der Waals surface area contributed by atoms with Crippen molar-refractivity contribution in [2.45, 2.75) is 19.8 Å². The molecule has 2 N–H and O–H groups in total. The van der Waals surface area contributed by atoms with Gasteiger partial charge in [0, 0.05) is 12.3 Å². The Morgan fingerprint density at radius 1 is 1.31 bits per heavy atom. The summed E-state index contributed by atoms with van der Waals surface area (Å²) in [6.45, 7) is 3.15. The molecule has 1 amide bonds. The Morgan fingerprint density at radius 3 is 2.62 bits per heavy atom. The van der Waals surface area contributed by atoms with Crippen molar-refractivity contribution in [2.24, 2.45) is 0 Å². The van der Waals surface area contributed by atoms with Crippen molar-refractivity contribution >= 4 is 11.6 Å². The number of phenolic OH excluding ortho intramolecular Hbond substituents is 1. The third-order valence-electron chi connectivity index (χ3n) is 1.97. The molecule has 1 aromatic rings. The minimum absolute atomic E-state index is 0.0817. The fourth-order valence-corrected chi connectivity index (χ4v) is 1.18. The van der Waals surface area contributed by atoms with Crippen LogP contribution in [0.4, 0.5) is 5.69 Å². The third kappa shape index (κ3) is 4.79. The highest BCUT2D eigenvalue weighted by atomic mass is 16.5. The lowest BCUT2D eigenvalue weighted by atomic mass is 10.3. The van der Waals surface area contributed by atoms with Gasteiger partial charge in [0.2, 0.25) is 5.91 Å². The van der Waals surface area contributed by atoms with Crippen LogP contribution < -0.4 is 5.32 Å². The minimum atomic E-state index is -0.0817. The monoisotopic (exact) mass is 223 g/mol. The van der Waals surface area contributed by atoms with Crippen LogP contribution in [0.1, 0.15) is 19.8 Å². The molecule has 88 valence electrons. The number of hydrogen-bond acceptors (Lipinski definition) is 3. The van der Waals surface area contributed by atoms with Crippen molar-refractivity contribution in [2.75, 3.05) is 18.5 Å². The van der Waals surface area contributed by atoms with Crippen LogP contribution in [0.3, 0.4) is 0 Å². The van der Waals surface area contributed by atoms with Crippen LogP contribution in [-0.2, 0) is 9.53 Å². The average molecular weight is 223 g/mol. The molecule has 0 aliphatic carbocycles. The molecular weight excluding hydrogens is 206 g/mol. The second-order valence-electron chi connectivity index (χ2n) is 3.46. The maximum absolute atomic E-state index is 11.4. The van der Waals surface area contributed by atoms with Gasteiger partial charge in [-0.1, -0.05) is 6.92 Å². The first-order valence-corrected chi connectivity index (χ1v) is 5.39. The third-order valence-corrected chi connectivity index (χ3v) is 1.97. The summed E-state index contributed by atoms with van der Waals surface area (Å²) in [4.78, 5) is 11.4. The normalized spacial score (nSPS) is 10.1. The molecule has 0 saturated carbocycles. The van der Waals surface area contributed by atoms with Gasteiger partial charge in [-0.25, -0.2) is 0 Å². The number of carbonyl (C=O) groups excluding carboxylic acids is 1. The van der Waals surface area contributed by atoms with Crippen molar-refractivity contribution in [3.8, 4) is 5.75 Å². The first-order chi connectivity index (χ1) is 7.72. The highest BCUT2D eigenvalue weighted by Crippen LogP contribution is 2.13. The van der Waals surface area contributed by atoms with Crippen LogP contribution in [0.5, 0.6) is 5.75 Å². The van der Waals surface area contributed by atoms with Crippen LogP contribution in [0.25, 0.3) is 0 Å². The Morgan fingerprint density at radius 2 is 2.00 bits per heavy atom. The van der Waals surface area contributed by atoms with E-state index < -0.39 is 0 Å². The molecule has 0 spiro atoms. The second-order valence-corrected chi connectivity index (χ2v) is 3.46. The Balaban J connectivity index is 2.26. The van der Waals surface area contributed by atoms with Crippen LogP contribution in [0.2, 0.25) is 0 Å². The zero-order valence-corrected chi connectivity index (χ0v) is 9.40. The molecule has 1 aromatic carbocycles. The van der Waals surface area contributed by atoms with Crippen molar-refractivity contribution in [3.05, 3.63) is 24.3 Å². The smallest absolute Gasteiger partial charge is 0.226 e. The fourth-order valence-electron chi connectivity index (χ4n) is 1.18. The number of carbonyl (C=O) groups is 1. The lowest BCUT2D eigenvalue weighted by Gasteiger charge is -2.05.